The molecule has 2 aliphatic heterocycles. The van der Waals surface area contributed by atoms with E-state index in [-0.39, 0.29) is 34.8 Å². The van der Waals surface area contributed by atoms with Crippen LogP contribution in [0.3, 0.4) is 0 Å². The monoisotopic (exact) mass is 406 g/mol. The van der Waals surface area contributed by atoms with E-state index in [4.69, 9.17) is 0 Å². The highest BCUT2D eigenvalue weighted by Gasteiger charge is 2.37. The Morgan fingerprint density at radius 2 is 2.10 bits per heavy atom. The zero-order chi connectivity index (χ0) is 20.4. The third-order valence-corrected chi connectivity index (χ3v) is 5.06. The van der Waals surface area contributed by atoms with Crippen LogP contribution in [0.25, 0.3) is 11.3 Å². The molecule has 29 heavy (non-hydrogen) atoms. The number of aromatic amines is 1. The molecule has 0 saturated carbocycles. The minimum atomic E-state index is -4.62. The van der Waals surface area contributed by atoms with Crippen molar-refractivity contribution in [2.75, 3.05) is 25.0 Å². The van der Waals surface area contributed by atoms with Gasteiger partial charge in [0.1, 0.15) is 11.3 Å². The fourth-order valence-electron chi connectivity index (χ4n) is 3.63. The van der Waals surface area contributed by atoms with Gasteiger partial charge in [0.15, 0.2) is 0 Å². The Labute approximate surface area is 165 Å². The van der Waals surface area contributed by atoms with E-state index in [0.717, 1.165) is 25.6 Å². The number of nitrogens with one attached hydrogen (secondary N) is 4. The number of H-pyrrole nitrogens is 1. The molecule has 2 aromatic rings. The van der Waals surface area contributed by atoms with Crippen LogP contribution < -0.4 is 16.0 Å². The first-order chi connectivity index (χ1) is 13.9. The Morgan fingerprint density at radius 1 is 1.24 bits per heavy atom. The number of fused-ring (bicyclic) bond motifs is 1. The molecule has 0 aromatic carbocycles. The number of anilines is 1. The minimum Gasteiger partial charge on any atom is -0.356 e. The first-order valence-electron chi connectivity index (χ1n) is 9.49. The van der Waals surface area contributed by atoms with Gasteiger partial charge < -0.3 is 20.9 Å². The summed E-state index contributed by atoms with van der Waals surface area (Å²) in [4.78, 5) is 23.2. The number of nitrogens with zero attached hydrogens (tertiary/aromatic N) is 2. The lowest BCUT2D eigenvalue weighted by Crippen LogP contribution is -2.38. The molecule has 10 heteroatoms. The second-order valence-corrected chi connectivity index (χ2v) is 7.08. The van der Waals surface area contributed by atoms with Gasteiger partial charge in [0.25, 0.3) is 5.91 Å². The Hall–Kier alpha value is -2.88. The summed E-state index contributed by atoms with van der Waals surface area (Å²) in [5, 5.41) is 9.04. The Balaban J connectivity index is 1.77. The quantitative estimate of drug-likeness (QED) is 0.588. The molecule has 0 spiro atoms. The molecule has 0 bridgehead atoms. The van der Waals surface area contributed by atoms with Gasteiger partial charge in [0.05, 0.1) is 5.69 Å². The molecule has 1 amide bonds. The van der Waals surface area contributed by atoms with Crippen molar-refractivity contribution in [3.8, 4) is 11.3 Å². The van der Waals surface area contributed by atoms with Crippen LogP contribution in [0.2, 0.25) is 0 Å². The molecular weight excluding hydrogens is 385 g/mol. The van der Waals surface area contributed by atoms with Crippen LogP contribution in [0, 0.1) is 0 Å². The fourth-order valence-corrected chi connectivity index (χ4v) is 3.63. The van der Waals surface area contributed by atoms with Crippen LogP contribution in [0.1, 0.15) is 34.5 Å². The van der Waals surface area contributed by atoms with Crippen molar-refractivity contribution in [3.63, 3.8) is 0 Å². The van der Waals surface area contributed by atoms with Gasteiger partial charge in [-0.05, 0) is 31.4 Å². The van der Waals surface area contributed by atoms with Crippen molar-refractivity contribution < 1.29 is 18.0 Å². The summed E-state index contributed by atoms with van der Waals surface area (Å²) in [7, 11) is 0. The highest BCUT2D eigenvalue weighted by molar-refractivity contribution is 5.96. The predicted molar refractivity (Wildman–Crippen MR) is 102 cm³/mol. The standard InChI is InChI=1S/C19H21F3N6O/c20-19(21,22)14-10-26-18(27-11-4-3-6-23-8-11)28-15(14)13-9-25-16-12(13)5-1-2-7-24-17(16)29/h1-2,9-11,23,25H,3-8H2,(H,24,29)(H,26,27,28)/b2-1-/t11-/m0/s1. The van der Waals surface area contributed by atoms with Crippen LogP contribution in [0.15, 0.2) is 24.5 Å². The average Bonchev–Trinajstić information content (AvgIpc) is 3.09. The number of aromatic nitrogens is 3. The number of carbonyl (C=O) groups is 1. The molecule has 2 aromatic heterocycles. The zero-order valence-electron chi connectivity index (χ0n) is 15.6. The van der Waals surface area contributed by atoms with Gasteiger partial charge in [-0.25, -0.2) is 9.97 Å². The third kappa shape index (κ3) is 4.12. The van der Waals surface area contributed by atoms with E-state index in [0.29, 0.717) is 25.1 Å². The Morgan fingerprint density at radius 3 is 2.86 bits per heavy atom. The van der Waals surface area contributed by atoms with Crippen LogP contribution in [-0.2, 0) is 12.6 Å². The molecule has 7 nitrogen and oxygen atoms in total. The lowest BCUT2D eigenvalue weighted by atomic mass is 10.00. The van der Waals surface area contributed by atoms with Gasteiger partial charge in [-0.1, -0.05) is 12.2 Å². The summed E-state index contributed by atoms with van der Waals surface area (Å²) in [6.07, 6.45) is 3.37. The van der Waals surface area contributed by atoms with Crippen molar-refractivity contribution in [3.05, 3.63) is 41.4 Å². The molecule has 0 unspecified atom stereocenters. The Kier molecular flexibility index (Phi) is 5.27. The van der Waals surface area contributed by atoms with Crippen LogP contribution in [-0.4, -0.2) is 46.5 Å². The van der Waals surface area contributed by atoms with Crippen molar-refractivity contribution in [2.45, 2.75) is 31.5 Å². The number of rotatable bonds is 3. The SMILES string of the molecule is O=C1NC/C=C\Cc2c(-c3nc(N[C@H]4CCCNC4)ncc3C(F)(F)F)c[nH]c21. The number of hydrogen-bond donors (Lipinski definition) is 4. The zero-order valence-corrected chi connectivity index (χ0v) is 15.6. The van der Waals surface area contributed by atoms with Crippen LogP contribution >= 0.6 is 0 Å². The van der Waals surface area contributed by atoms with Gasteiger partial charge in [-0.2, -0.15) is 13.2 Å². The van der Waals surface area contributed by atoms with Crippen molar-refractivity contribution in [1.82, 2.24) is 25.6 Å². The fraction of sp³-hybridized carbons (Fsp3) is 0.421. The first kappa shape index (κ1) is 19.4. The third-order valence-electron chi connectivity index (χ3n) is 5.06. The number of amides is 1. The van der Waals surface area contributed by atoms with Crippen LogP contribution in [0.5, 0.6) is 0 Å². The molecule has 4 rings (SSSR count). The van der Waals surface area contributed by atoms with Crippen LogP contribution in [0.4, 0.5) is 19.1 Å². The molecule has 1 fully saturated rings. The van der Waals surface area contributed by atoms with E-state index in [9.17, 15) is 18.0 Å². The predicted octanol–water partition coefficient (Wildman–Crippen LogP) is 2.50. The highest BCUT2D eigenvalue weighted by Crippen LogP contribution is 2.38. The van der Waals surface area contributed by atoms with E-state index < -0.39 is 11.7 Å². The smallest absolute Gasteiger partial charge is 0.356 e. The molecule has 1 atom stereocenters. The second kappa shape index (κ2) is 7.86. The summed E-state index contributed by atoms with van der Waals surface area (Å²) in [5.41, 5.74) is -0.188. The maximum atomic E-state index is 13.7. The number of hydrogen-bond acceptors (Lipinski definition) is 5. The number of allylic oxidation sites excluding steroid dienone is 1. The molecule has 1 saturated heterocycles. The molecule has 2 aliphatic rings. The van der Waals surface area contributed by atoms with Crippen molar-refractivity contribution >= 4 is 11.9 Å². The molecule has 4 N–H and O–H groups in total. The second-order valence-electron chi connectivity index (χ2n) is 7.08. The summed E-state index contributed by atoms with van der Waals surface area (Å²) >= 11 is 0. The van der Waals surface area contributed by atoms with E-state index in [2.05, 4.69) is 30.9 Å². The molecule has 0 radical (unpaired) electrons. The summed E-state index contributed by atoms with van der Waals surface area (Å²) in [5.74, 6) is -0.215. The summed E-state index contributed by atoms with van der Waals surface area (Å²) in [6, 6.07) is 0.0499. The van der Waals surface area contributed by atoms with Crippen molar-refractivity contribution in [2.24, 2.45) is 0 Å². The average molecular weight is 406 g/mol. The van der Waals surface area contributed by atoms with Gasteiger partial charge >= 0.3 is 6.18 Å². The van der Waals surface area contributed by atoms with E-state index >= 15 is 0 Å². The van der Waals surface area contributed by atoms with Gasteiger partial charge in [-0.15, -0.1) is 0 Å². The number of piperidine rings is 1. The first-order valence-corrected chi connectivity index (χ1v) is 9.49. The highest BCUT2D eigenvalue weighted by atomic mass is 19.4. The maximum absolute atomic E-state index is 13.7. The molecule has 4 heterocycles. The number of halogens is 3. The number of carbonyl (C=O) groups excluding carboxylic acids is 1. The number of alkyl halides is 3. The maximum Gasteiger partial charge on any atom is 0.419 e. The minimum absolute atomic E-state index is 0.0499. The van der Waals surface area contributed by atoms with E-state index in [1.165, 1.54) is 6.20 Å². The topological polar surface area (TPSA) is 94.7 Å². The normalized spacial score (nSPS) is 20.9. The molecular formula is C19H21F3N6O. The summed E-state index contributed by atoms with van der Waals surface area (Å²) in [6.45, 7) is 1.99. The van der Waals surface area contributed by atoms with E-state index in [1.54, 1.807) is 6.08 Å². The van der Waals surface area contributed by atoms with Crippen molar-refractivity contribution in [1.29, 1.82) is 0 Å². The Bertz CT molecular complexity index is 931. The lowest BCUT2D eigenvalue weighted by molar-refractivity contribution is -0.137. The molecule has 154 valence electrons. The van der Waals surface area contributed by atoms with Gasteiger partial charge in [0.2, 0.25) is 5.95 Å². The largest absolute Gasteiger partial charge is 0.419 e. The molecule has 0 aliphatic carbocycles. The van der Waals surface area contributed by atoms with Gasteiger partial charge in [0, 0.05) is 37.1 Å². The van der Waals surface area contributed by atoms with E-state index in [1.807, 2.05) is 6.08 Å². The van der Waals surface area contributed by atoms with Gasteiger partial charge in [-0.3, -0.25) is 4.79 Å². The lowest BCUT2D eigenvalue weighted by Gasteiger charge is -2.24. The summed E-state index contributed by atoms with van der Waals surface area (Å²) < 4.78 is 41.0.